The molecule has 2 amide bonds. The number of anilines is 2. The number of H-pyrrole nitrogens is 1. The summed E-state index contributed by atoms with van der Waals surface area (Å²) in [5.74, 6) is 0.259. The van der Waals surface area contributed by atoms with Crippen LogP contribution >= 0.6 is 0 Å². The van der Waals surface area contributed by atoms with Crippen molar-refractivity contribution in [3.63, 3.8) is 0 Å². The largest absolute Gasteiger partial charge is 0.314 e. The minimum Gasteiger partial charge on any atom is -0.314 e. The molecule has 1 aromatic carbocycles. The number of rotatable bonds is 0. The minimum atomic E-state index is -0.958. The Morgan fingerprint density at radius 3 is 2.90 bits per heavy atom. The molecule has 2 aliphatic heterocycles. The number of aryl methyl sites for hydroxylation is 1. The Labute approximate surface area is 121 Å². The van der Waals surface area contributed by atoms with E-state index < -0.39 is 5.41 Å². The molecular formula is C15H14N4O2. The van der Waals surface area contributed by atoms with Crippen LogP contribution in [0.15, 0.2) is 24.4 Å². The van der Waals surface area contributed by atoms with E-state index in [1.165, 1.54) is 0 Å². The van der Waals surface area contributed by atoms with Crippen LogP contribution in [-0.4, -0.2) is 29.1 Å². The molecule has 6 heteroatoms. The van der Waals surface area contributed by atoms with Crippen molar-refractivity contribution in [2.45, 2.75) is 18.8 Å². The number of carbonyl (C=O) groups is 2. The second-order valence-electron chi connectivity index (χ2n) is 5.62. The molecule has 21 heavy (non-hydrogen) atoms. The summed E-state index contributed by atoms with van der Waals surface area (Å²) in [6, 6.07) is 5.83. The molecule has 1 unspecified atom stereocenters. The van der Waals surface area contributed by atoms with Gasteiger partial charge >= 0.3 is 0 Å². The van der Waals surface area contributed by atoms with E-state index in [0.29, 0.717) is 5.82 Å². The predicted molar refractivity (Wildman–Crippen MR) is 77.2 cm³/mol. The van der Waals surface area contributed by atoms with Crippen LogP contribution in [0, 0.1) is 6.92 Å². The quantitative estimate of drug-likeness (QED) is 0.765. The summed E-state index contributed by atoms with van der Waals surface area (Å²) < 4.78 is 0. The summed E-state index contributed by atoms with van der Waals surface area (Å²) in [6.45, 7) is 1.97. The van der Waals surface area contributed by atoms with Gasteiger partial charge in [0.2, 0.25) is 11.8 Å². The van der Waals surface area contributed by atoms with E-state index in [-0.39, 0.29) is 18.2 Å². The number of hydrogen-bond acceptors (Lipinski definition) is 3. The molecule has 2 N–H and O–H groups in total. The standard InChI is InChI=1S/C15H14N4O2/c1-8-4-3-5-9-12(8)19(2)14(21)15(9)6-11(20)17-13-10(15)7-16-18-13/h3-5,7H,6H2,1-2H3,(H2,16,17,18,20). The molecule has 2 aromatic rings. The van der Waals surface area contributed by atoms with Gasteiger partial charge in [-0.3, -0.25) is 14.7 Å². The lowest BCUT2D eigenvalue weighted by molar-refractivity contribution is -0.126. The molecule has 6 nitrogen and oxygen atoms in total. The van der Waals surface area contributed by atoms with Gasteiger partial charge in [-0.05, 0) is 18.1 Å². The Hall–Kier alpha value is -2.63. The molecular weight excluding hydrogens is 268 g/mol. The molecule has 0 saturated heterocycles. The van der Waals surface area contributed by atoms with Crippen LogP contribution < -0.4 is 10.2 Å². The summed E-state index contributed by atoms with van der Waals surface area (Å²) >= 11 is 0. The average molecular weight is 282 g/mol. The first-order chi connectivity index (χ1) is 10.1. The van der Waals surface area contributed by atoms with Gasteiger partial charge in [-0.1, -0.05) is 18.2 Å². The first kappa shape index (κ1) is 12.1. The highest BCUT2D eigenvalue weighted by atomic mass is 16.2. The van der Waals surface area contributed by atoms with Crippen molar-refractivity contribution in [1.29, 1.82) is 0 Å². The first-order valence-electron chi connectivity index (χ1n) is 6.77. The van der Waals surface area contributed by atoms with E-state index in [0.717, 1.165) is 22.4 Å². The van der Waals surface area contributed by atoms with Gasteiger partial charge in [0.15, 0.2) is 0 Å². The fourth-order valence-corrected chi connectivity index (χ4v) is 3.61. The zero-order chi connectivity index (χ0) is 14.8. The van der Waals surface area contributed by atoms with E-state index in [2.05, 4.69) is 15.5 Å². The topological polar surface area (TPSA) is 78.1 Å². The number of carbonyl (C=O) groups excluding carboxylic acids is 2. The fraction of sp³-hybridized carbons (Fsp3) is 0.267. The van der Waals surface area contributed by atoms with E-state index in [1.54, 1.807) is 18.1 Å². The van der Waals surface area contributed by atoms with Crippen LogP contribution in [0.4, 0.5) is 11.5 Å². The van der Waals surface area contributed by atoms with Gasteiger partial charge in [0.05, 0.1) is 11.9 Å². The number of aromatic nitrogens is 2. The van der Waals surface area contributed by atoms with Crippen molar-refractivity contribution in [3.8, 4) is 0 Å². The molecule has 0 fully saturated rings. The number of amides is 2. The highest BCUT2D eigenvalue weighted by Crippen LogP contribution is 2.51. The molecule has 0 saturated carbocycles. The number of fused-ring (bicyclic) bond motifs is 4. The Kier molecular flexibility index (Phi) is 2.15. The lowest BCUT2D eigenvalue weighted by Gasteiger charge is -2.31. The van der Waals surface area contributed by atoms with Gasteiger partial charge in [0.25, 0.3) is 0 Å². The van der Waals surface area contributed by atoms with E-state index in [9.17, 15) is 9.59 Å². The summed E-state index contributed by atoms with van der Waals surface area (Å²) in [7, 11) is 1.76. The highest BCUT2D eigenvalue weighted by Gasteiger charge is 2.56. The average Bonchev–Trinajstić information content (AvgIpc) is 2.99. The third-order valence-corrected chi connectivity index (χ3v) is 4.49. The maximum absolute atomic E-state index is 13.0. The second kappa shape index (κ2) is 3.72. The Balaban J connectivity index is 2.09. The number of likely N-dealkylation sites (N-methyl/N-ethyl adjacent to an activating group) is 1. The third kappa shape index (κ3) is 1.29. The van der Waals surface area contributed by atoms with Crippen molar-refractivity contribution in [3.05, 3.63) is 41.1 Å². The SMILES string of the molecule is Cc1cccc2c1N(C)C(=O)C21CC(=O)Nc2[nH]ncc21. The van der Waals surface area contributed by atoms with Crippen molar-refractivity contribution >= 4 is 23.3 Å². The molecule has 4 rings (SSSR count). The molecule has 1 aromatic heterocycles. The van der Waals surface area contributed by atoms with Crippen LogP contribution in [0.3, 0.4) is 0 Å². The normalized spacial score (nSPS) is 23.2. The van der Waals surface area contributed by atoms with Crippen molar-refractivity contribution in [2.75, 3.05) is 17.3 Å². The van der Waals surface area contributed by atoms with E-state index >= 15 is 0 Å². The lowest BCUT2D eigenvalue weighted by Crippen LogP contribution is -2.45. The van der Waals surface area contributed by atoms with E-state index in [1.807, 2.05) is 25.1 Å². The molecule has 0 bridgehead atoms. The number of hydrogen-bond donors (Lipinski definition) is 2. The zero-order valence-corrected chi connectivity index (χ0v) is 11.7. The number of nitrogens with zero attached hydrogens (tertiary/aromatic N) is 2. The van der Waals surface area contributed by atoms with E-state index in [4.69, 9.17) is 0 Å². The molecule has 2 aliphatic rings. The summed E-state index contributed by atoms with van der Waals surface area (Å²) in [5.41, 5.74) is 2.58. The number of nitrogens with one attached hydrogen (secondary N) is 2. The third-order valence-electron chi connectivity index (χ3n) is 4.49. The Morgan fingerprint density at radius 1 is 1.29 bits per heavy atom. The van der Waals surface area contributed by atoms with Crippen molar-refractivity contribution < 1.29 is 9.59 Å². The van der Waals surface area contributed by atoms with Gasteiger partial charge < -0.3 is 10.2 Å². The van der Waals surface area contributed by atoms with Crippen LogP contribution in [0.1, 0.15) is 23.1 Å². The number of para-hydroxylation sites is 1. The Morgan fingerprint density at radius 2 is 2.10 bits per heavy atom. The molecule has 1 spiro atoms. The lowest BCUT2D eigenvalue weighted by atomic mass is 9.71. The summed E-state index contributed by atoms with van der Waals surface area (Å²) in [4.78, 5) is 26.8. The van der Waals surface area contributed by atoms with Gasteiger partial charge in [0, 0.05) is 19.0 Å². The molecule has 0 aliphatic carbocycles. The van der Waals surface area contributed by atoms with Gasteiger partial charge in [-0.15, -0.1) is 0 Å². The predicted octanol–water partition coefficient (Wildman–Crippen LogP) is 1.32. The zero-order valence-electron chi connectivity index (χ0n) is 11.7. The molecule has 0 radical (unpaired) electrons. The van der Waals surface area contributed by atoms with Crippen LogP contribution in [0.25, 0.3) is 0 Å². The van der Waals surface area contributed by atoms with Crippen molar-refractivity contribution in [2.24, 2.45) is 0 Å². The molecule has 1 atom stereocenters. The van der Waals surface area contributed by atoms with Gasteiger partial charge in [-0.25, -0.2) is 0 Å². The van der Waals surface area contributed by atoms with Crippen LogP contribution in [0.5, 0.6) is 0 Å². The van der Waals surface area contributed by atoms with Gasteiger partial charge in [-0.2, -0.15) is 5.10 Å². The Bertz CT molecular complexity index is 795. The maximum atomic E-state index is 13.0. The smallest absolute Gasteiger partial charge is 0.242 e. The van der Waals surface area contributed by atoms with Crippen molar-refractivity contribution in [1.82, 2.24) is 10.2 Å². The number of benzene rings is 1. The summed E-state index contributed by atoms with van der Waals surface area (Å²) in [6.07, 6.45) is 1.75. The second-order valence-corrected chi connectivity index (χ2v) is 5.62. The maximum Gasteiger partial charge on any atom is 0.242 e. The molecule has 3 heterocycles. The highest BCUT2D eigenvalue weighted by molar-refractivity contribution is 6.15. The molecule has 106 valence electrons. The van der Waals surface area contributed by atoms with Gasteiger partial charge in [0.1, 0.15) is 11.2 Å². The number of aromatic amines is 1. The minimum absolute atomic E-state index is 0.0794. The fourth-order valence-electron chi connectivity index (χ4n) is 3.61. The summed E-state index contributed by atoms with van der Waals surface area (Å²) in [5, 5.41) is 9.51. The van der Waals surface area contributed by atoms with Crippen LogP contribution in [-0.2, 0) is 15.0 Å². The first-order valence-corrected chi connectivity index (χ1v) is 6.77. The van der Waals surface area contributed by atoms with Crippen LogP contribution in [0.2, 0.25) is 0 Å². The monoisotopic (exact) mass is 282 g/mol.